The maximum Gasteiger partial charge on any atom is 0.284 e. The van der Waals surface area contributed by atoms with Crippen molar-refractivity contribution in [3.8, 4) is 11.1 Å². The average molecular weight is 548 g/mol. The summed E-state index contributed by atoms with van der Waals surface area (Å²) < 4.78 is 39.0. The summed E-state index contributed by atoms with van der Waals surface area (Å²) in [4.78, 5) is 16.2. The third-order valence-electron chi connectivity index (χ3n) is 4.85. The lowest BCUT2D eigenvalue weighted by atomic mass is 10.0. The SMILES string of the molecule is C/C(=C(/F)C(=O)Nc1ccc(-c2ccncc2S(N)(=O)=O)cc1Br)c1cccc(/C(N)=N\O)c1. The van der Waals surface area contributed by atoms with E-state index in [1.165, 1.54) is 31.3 Å². The number of sulfonamides is 1. The summed E-state index contributed by atoms with van der Waals surface area (Å²) in [5.74, 6) is -2.17. The van der Waals surface area contributed by atoms with Crippen molar-refractivity contribution in [2.24, 2.45) is 16.0 Å². The molecule has 3 aromatic rings. The molecule has 6 N–H and O–H groups in total. The number of hydrogen-bond donors (Lipinski definition) is 4. The lowest BCUT2D eigenvalue weighted by Gasteiger charge is -2.12. The number of allylic oxidation sites excluding steroid dienone is 1. The van der Waals surface area contributed by atoms with Crippen LogP contribution in [0, 0.1) is 0 Å². The molecule has 1 amide bonds. The number of halogens is 2. The highest BCUT2D eigenvalue weighted by molar-refractivity contribution is 9.10. The highest BCUT2D eigenvalue weighted by Gasteiger charge is 2.18. The number of carbonyl (C=O) groups excluding carboxylic acids is 1. The van der Waals surface area contributed by atoms with Gasteiger partial charge in [-0.25, -0.2) is 17.9 Å². The van der Waals surface area contributed by atoms with E-state index in [1.807, 2.05) is 0 Å². The van der Waals surface area contributed by atoms with Crippen LogP contribution in [0.15, 0.2) is 81.3 Å². The first-order valence-electron chi connectivity index (χ1n) is 9.55. The van der Waals surface area contributed by atoms with Crippen LogP contribution >= 0.6 is 15.9 Å². The minimum absolute atomic E-state index is 0.0485. The number of pyridine rings is 1. The van der Waals surface area contributed by atoms with Crippen LogP contribution in [0.2, 0.25) is 0 Å². The van der Waals surface area contributed by atoms with Crippen LogP contribution < -0.4 is 16.2 Å². The molecule has 0 aliphatic carbocycles. The zero-order valence-electron chi connectivity index (χ0n) is 17.7. The van der Waals surface area contributed by atoms with Gasteiger partial charge in [-0.15, -0.1) is 0 Å². The second-order valence-electron chi connectivity index (χ2n) is 7.07. The van der Waals surface area contributed by atoms with Gasteiger partial charge in [-0.1, -0.05) is 29.4 Å². The number of amidine groups is 1. The van der Waals surface area contributed by atoms with Crippen molar-refractivity contribution >= 4 is 49.0 Å². The van der Waals surface area contributed by atoms with Gasteiger partial charge in [0.05, 0.1) is 5.69 Å². The smallest absolute Gasteiger partial charge is 0.284 e. The van der Waals surface area contributed by atoms with Crippen molar-refractivity contribution in [3.63, 3.8) is 0 Å². The predicted octanol–water partition coefficient (Wildman–Crippen LogP) is 3.59. The quantitative estimate of drug-likeness (QED) is 0.121. The van der Waals surface area contributed by atoms with E-state index in [0.717, 1.165) is 6.20 Å². The molecule has 1 heterocycles. The van der Waals surface area contributed by atoms with Crippen LogP contribution in [-0.2, 0) is 14.8 Å². The Hall–Kier alpha value is -3.61. The van der Waals surface area contributed by atoms with Gasteiger partial charge in [0.15, 0.2) is 11.7 Å². The van der Waals surface area contributed by atoms with E-state index in [0.29, 0.717) is 26.7 Å². The molecular weight excluding hydrogens is 529 g/mol. The lowest BCUT2D eigenvalue weighted by Crippen LogP contribution is -2.15. The molecule has 34 heavy (non-hydrogen) atoms. The normalized spacial score (nSPS) is 12.8. The Morgan fingerprint density at radius 1 is 1.18 bits per heavy atom. The molecule has 0 saturated heterocycles. The van der Waals surface area contributed by atoms with Crippen molar-refractivity contribution in [2.75, 3.05) is 5.32 Å². The van der Waals surface area contributed by atoms with E-state index < -0.39 is 21.8 Å². The maximum atomic E-state index is 14.9. The Kier molecular flexibility index (Phi) is 7.44. The molecule has 9 nitrogen and oxygen atoms in total. The molecule has 0 unspecified atom stereocenters. The number of aromatic nitrogens is 1. The first-order valence-corrected chi connectivity index (χ1v) is 11.9. The van der Waals surface area contributed by atoms with E-state index in [4.69, 9.17) is 16.1 Å². The molecule has 0 saturated carbocycles. The topological polar surface area (TPSA) is 161 Å². The summed E-state index contributed by atoms with van der Waals surface area (Å²) in [6, 6.07) is 12.3. The molecule has 0 aliphatic heterocycles. The van der Waals surface area contributed by atoms with Gasteiger partial charge < -0.3 is 16.3 Å². The van der Waals surface area contributed by atoms with E-state index >= 15 is 0 Å². The molecule has 176 valence electrons. The van der Waals surface area contributed by atoms with Gasteiger partial charge in [0.25, 0.3) is 5.91 Å². The van der Waals surface area contributed by atoms with E-state index in [2.05, 4.69) is 31.4 Å². The predicted molar refractivity (Wildman–Crippen MR) is 130 cm³/mol. The highest BCUT2D eigenvalue weighted by atomic mass is 79.9. The second kappa shape index (κ2) is 10.1. The molecule has 0 aliphatic rings. The zero-order valence-corrected chi connectivity index (χ0v) is 20.1. The largest absolute Gasteiger partial charge is 0.409 e. The molecule has 3 rings (SSSR count). The minimum Gasteiger partial charge on any atom is -0.409 e. The number of nitrogens with zero attached hydrogens (tertiary/aromatic N) is 2. The average Bonchev–Trinajstić information content (AvgIpc) is 2.83. The molecule has 12 heteroatoms. The van der Waals surface area contributed by atoms with Gasteiger partial charge in [0.1, 0.15) is 4.90 Å². The number of carbonyl (C=O) groups is 1. The van der Waals surface area contributed by atoms with E-state index in [-0.39, 0.29) is 22.0 Å². The Labute approximate surface area is 203 Å². The first kappa shape index (κ1) is 25.0. The summed E-state index contributed by atoms with van der Waals surface area (Å²) in [5, 5.41) is 19.5. The zero-order chi connectivity index (χ0) is 25.0. The molecule has 0 spiro atoms. The third-order valence-corrected chi connectivity index (χ3v) is 6.44. The molecule has 0 radical (unpaired) electrons. The summed E-state index contributed by atoms with van der Waals surface area (Å²) in [7, 11) is -4.01. The van der Waals surface area contributed by atoms with Gasteiger partial charge >= 0.3 is 0 Å². The molecule has 1 aromatic heterocycles. The number of amides is 1. The van der Waals surface area contributed by atoms with Crippen molar-refractivity contribution in [2.45, 2.75) is 11.8 Å². The first-order chi connectivity index (χ1) is 16.0. The van der Waals surface area contributed by atoms with Gasteiger partial charge in [0.2, 0.25) is 10.0 Å². The van der Waals surface area contributed by atoms with Crippen LogP contribution in [0.25, 0.3) is 16.7 Å². The second-order valence-corrected chi connectivity index (χ2v) is 9.45. The number of oxime groups is 1. The number of primary sulfonamides is 1. The van der Waals surface area contributed by atoms with Crippen molar-refractivity contribution in [1.29, 1.82) is 0 Å². The van der Waals surface area contributed by atoms with Crippen LogP contribution in [0.4, 0.5) is 10.1 Å². The fraction of sp³-hybridized carbons (Fsp3) is 0.0455. The van der Waals surface area contributed by atoms with Gasteiger partial charge in [-0.3, -0.25) is 9.78 Å². The Balaban J connectivity index is 1.89. The van der Waals surface area contributed by atoms with Crippen LogP contribution in [-0.4, -0.2) is 30.4 Å². The fourth-order valence-electron chi connectivity index (χ4n) is 3.07. The molecule has 2 aromatic carbocycles. The maximum absolute atomic E-state index is 14.9. The third kappa shape index (κ3) is 5.47. The number of nitrogens with one attached hydrogen (secondary N) is 1. The summed E-state index contributed by atoms with van der Waals surface area (Å²) >= 11 is 3.31. The Morgan fingerprint density at radius 3 is 2.53 bits per heavy atom. The molecule has 0 bridgehead atoms. The van der Waals surface area contributed by atoms with Crippen molar-refractivity contribution in [1.82, 2.24) is 4.98 Å². The number of benzene rings is 2. The van der Waals surface area contributed by atoms with E-state index in [1.54, 1.807) is 30.3 Å². The molecule has 0 fully saturated rings. The van der Waals surface area contributed by atoms with E-state index in [9.17, 15) is 17.6 Å². The Morgan fingerprint density at radius 2 is 1.88 bits per heavy atom. The van der Waals surface area contributed by atoms with Crippen LogP contribution in [0.5, 0.6) is 0 Å². The minimum atomic E-state index is -4.01. The van der Waals surface area contributed by atoms with Gasteiger partial charge in [-0.2, -0.15) is 0 Å². The van der Waals surface area contributed by atoms with Crippen molar-refractivity contribution < 1.29 is 22.8 Å². The fourth-order valence-corrected chi connectivity index (χ4v) is 4.25. The highest BCUT2D eigenvalue weighted by Crippen LogP contribution is 2.32. The summed E-state index contributed by atoms with van der Waals surface area (Å²) in [5.41, 5.74) is 7.42. The van der Waals surface area contributed by atoms with Crippen LogP contribution in [0.3, 0.4) is 0 Å². The number of hydrogen-bond acceptors (Lipinski definition) is 6. The summed E-state index contributed by atoms with van der Waals surface area (Å²) in [6.07, 6.45) is 2.57. The molecule has 0 atom stereocenters. The van der Waals surface area contributed by atoms with Gasteiger partial charge in [0, 0.05) is 28.0 Å². The van der Waals surface area contributed by atoms with Crippen molar-refractivity contribution in [3.05, 3.63) is 82.4 Å². The standard InChI is InChI=1S/C22H19BrFN5O4S/c1-12(13-3-2-4-15(9-13)21(25)29-31)20(24)22(30)28-18-6-5-14(10-17(18)23)16-7-8-27-11-19(16)34(26,32)33/h2-11,31H,1H3,(H2,25,29)(H,28,30)(H2,26,32,33)/b20-12-. The monoisotopic (exact) mass is 547 g/mol. The van der Waals surface area contributed by atoms with Gasteiger partial charge in [-0.05, 0) is 63.8 Å². The number of anilines is 1. The summed E-state index contributed by atoms with van der Waals surface area (Å²) in [6.45, 7) is 1.43. The van der Waals surface area contributed by atoms with Crippen LogP contribution in [0.1, 0.15) is 18.1 Å². The number of nitrogens with two attached hydrogens (primary N) is 2. The Bertz CT molecular complexity index is 1440. The lowest BCUT2D eigenvalue weighted by molar-refractivity contribution is -0.114. The molecular formula is C22H19BrFN5O4S. The number of rotatable bonds is 6.